The molecule has 2 rings (SSSR count). The van der Waals surface area contributed by atoms with E-state index in [-0.39, 0.29) is 0 Å². The summed E-state index contributed by atoms with van der Waals surface area (Å²) >= 11 is 0. The predicted octanol–water partition coefficient (Wildman–Crippen LogP) is 2.30. The molecule has 1 aromatic rings. The van der Waals surface area contributed by atoms with E-state index in [0.717, 1.165) is 13.1 Å². The van der Waals surface area contributed by atoms with Crippen molar-refractivity contribution >= 4 is 11.4 Å². The van der Waals surface area contributed by atoms with Gasteiger partial charge >= 0.3 is 0 Å². The monoisotopic (exact) mass is 162 g/mol. The van der Waals surface area contributed by atoms with Gasteiger partial charge in [-0.3, -0.25) is 0 Å². The minimum atomic E-state index is 1.10. The predicted molar refractivity (Wildman–Crippen MR) is 52.7 cm³/mol. The number of anilines is 2. The Balaban J connectivity index is 2.24. The number of para-hydroxylation sites is 2. The van der Waals surface area contributed by atoms with Crippen LogP contribution in [0, 0.1) is 0 Å². The summed E-state index contributed by atoms with van der Waals surface area (Å²) in [6, 6.07) is 8.37. The molecular formula is C10H14N2. The molecule has 0 saturated carbocycles. The van der Waals surface area contributed by atoms with Gasteiger partial charge in [0.1, 0.15) is 0 Å². The highest BCUT2D eigenvalue weighted by Crippen LogP contribution is 2.21. The molecule has 1 heterocycles. The van der Waals surface area contributed by atoms with Gasteiger partial charge in [-0.05, 0) is 25.0 Å². The van der Waals surface area contributed by atoms with Crippen LogP contribution in [0.15, 0.2) is 24.3 Å². The van der Waals surface area contributed by atoms with Crippen molar-refractivity contribution in [3.05, 3.63) is 24.3 Å². The first-order chi connectivity index (χ1) is 5.97. The average Bonchev–Trinajstić information content (AvgIpc) is 2.06. The van der Waals surface area contributed by atoms with E-state index in [1.807, 2.05) is 0 Å². The number of fused-ring (bicyclic) bond motifs is 1. The molecular weight excluding hydrogens is 148 g/mol. The summed E-state index contributed by atoms with van der Waals surface area (Å²) < 4.78 is 0. The molecule has 64 valence electrons. The van der Waals surface area contributed by atoms with Crippen LogP contribution in [0.2, 0.25) is 0 Å². The van der Waals surface area contributed by atoms with Gasteiger partial charge in [0.15, 0.2) is 0 Å². The number of rotatable bonds is 0. The quantitative estimate of drug-likeness (QED) is 0.611. The van der Waals surface area contributed by atoms with Crippen LogP contribution in [0.4, 0.5) is 11.4 Å². The Morgan fingerprint density at radius 1 is 0.833 bits per heavy atom. The molecule has 2 heteroatoms. The number of nitrogens with one attached hydrogen (secondary N) is 2. The molecule has 0 saturated heterocycles. The van der Waals surface area contributed by atoms with Gasteiger partial charge in [-0.1, -0.05) is 12.1 Å². The minimum absolute atomic E-state index is 1.10. The first-order valence-corrected chi connectivity index (χ1v) is 4.53. The van der Waals surface area contributed by atoms with Crippen molar-refractivity contribution in [1.29, 1.82) is 0 Å². The van der Waals surface area contributed by atoms with Crippen LogP contribution < -0.4 is 10.6 Å². The number of hydrogen-bond donors (Lipinski definition) is 2. The van der Waals surface area contributed by atoms with Crippen molar-refractivity contribution < 1.29 is 0 Å². The van der Waals surface area contributed by atoms with Gasteiger partial charge in [0, 0.05) is 13.1 Å². The summed E-state index contributed by atoms with van der Waals surface area (Å²) in [5, 5.41) is 6.81. The third-order valence-corrected chi connectivity index (χ3v) is 2.16. The second-order valence-electron chi connectivity index (χ2n) is 3.11. The van der Waals surface area contributed by atoms with Crippen LogP contribution >= 0.6 is 0 Å². The molecule has 0 spiro atoms. The summed E-state index contributed by atoms with van der Waals surface area (Å²) in [5.74, 6) is 0. The molecule has 1 aliphatic heterocycles. The van der Waals surface area contributed by atoms with Crippen molar-refractivity contribution in [3.63, 3.8) is 0 Å². The van der Waals surface area contributed by atoms with Crippen molar-refractivity contribution in [3.8, 4) is 0 Å². The second-order valence-corrected chi connectivity index (χ2v) is 3.11. The third kappa shape index (κ3) is 1.52. The van der Waals surface area contributed by atoms with E-state index in [1.54, 1.807) is 0 Å². The van der Waals surface area contributed by atoms with Crippen LogP contribution in [0.25, 0.3) is 0 Å². The Hall–Kier alpha value is -1.18. The van der Waals surface area contributed by atoms with Crippen molar-refractivity contribution in [2.75, 3.05) is 23.7 Å². The summed E-state index contributed by atoms with van der Waals surface area (Å²) in [6.45, 7) is 2.19. The zero-order chi connectivity index (χ0) is 8.23. The molecule has 0 amide bonds. The molecule has 12 heavy (non-hydrogen) atoms. The summed E-state index contributed by atoms with van der Waals surface area (Å²) in [5.41, 5.74) is 2.47. The standard InChI is InChI=1S/C10H14N2/c1-2-6-10-9(5-1)11-7-3-4-8-12-10/h1-2,5-6,11-12H,3-4,7-8H2. The molecule has 0 atom stereocenters. The van der Waals surface area contributed by atoms with Gasteiger partial charge in [0.2, 0.25) is 0 Å². The normalized spacial score (nSPS) is 16.3. The fraction of sp³-hybridized carbons (Fsp3) is 0.400. The molecule has 0 aromatic heterocycles. The molecule has 0 radical (unpaired) electrons. The zero-order valence-electron chi connectivity index (χ0n) is 7.14. The maximum atomic E-state index is 3.40. The summed E-state index contributed by atoms with van der Waals surface area (Å²) in [6.07, 6.45) is 2.50. The molecule has 1 aliphatic rings. The number of hydrogen-bond acceptors (Lipinski definition) is 2. The molecule has 0 aliphatic carbocycles. The van der Waals surface area contributed by atoms with E-state index in [1.165, 1.54) is 24.2 Å². The molecule has 0 unspecified atom stereocenters. The Morgan fingerprint density at radius 3 is 1.83 bits per heavy atom. The van der Waals surface area contributed by atoms with Gasteiger partial charge in [0.05, 0.1) is 11.4 Å². The minimum Gasteiger partial charge on any atom is -0.383 e. The molecule has 2 nitrogen and oxygen atoms in total. The summed E-state index contributed by atoms with van der Waals surface area (Å²) in [4.78, 5) is 0. The van der Waals surface area contributed by atoms with E-state index >= 15 is 0 Å². The molecule has 0 fully saturated rings. The van der Waals surface area contributed by atoms with Crippen LogP contribution in [0.5, 0.6) is 0 Å². The van der Waals surface area contributed by atoms with Crippen molar-refractivity contribution in [2.24, 2.45) is 0 Å². The average molecular weight is 162 g/mol. The topological polar surface area (TPSA) is 24.1 Å². The largest absolute Gasteiger partial charge is 0.383 e. The van der Waals surface area contributed by atoms with Crippen LogP contribution in [0.3, 0.4) is 0 Å². The van der Waals surface area contributed by atoms with Gasteiger partial charge in [-0.25, -0.2) is 0 Å². The Bertz CT molecular complexity index is 231. The van der Waals surface area contributed by atoms with Crippen molar-refractivity contribution in [2.45, 2.75) is 12.8 Å². The van der Waals surface area contributed by atoms with E-state index < -0.39 is 0 Å². The summed E-state index contributed by atoms with van der Waals surface area (Å²) in [7, 11) is 0. The maximum absolute atomic E-state index is 3.40. The third-order valence-electron chi connectivity index (χ3n) is 2.16. The maximum Gasteiger partial charge on any atom is 0.0575 e. The lowest BCUT2D eigenvalue weighted by molar-refractivity contribution is 0.787. The zero-order valence-corrected chi connectivity index (χ0v) is 7.14. The lowest BCUT2D eigenvalue weighted by atomic mass is 10.2. The van der Waals surface area contributed by atoms with E-state index in [2.05, 4.69) is 34.9 Å². The molecule has 2 N–H and O–H groups in total. The smallest absolute Gasteiger partial charge is 0.0575 e. The van der Waals surface area contributed by atoms with Crippen LogP contribution in [-0.2, 0) is 0 Å². The Kier molecular flexibility index (Phi) is 2.16. The SMILES string of the molecule is c1ccc2c(c1)NCCCCN2. The Labute approximate surface area is 73.0 Å². The number of benzene rings is 1. The van der Waals surface area contributed by atoms with Crippen LogP contribution in [0.1, 0.15) is 12.8 Å². The van der Waals surface area contributed by atoms with Gasteiger partial charge in [-0.2, -0.15) is 0 Å². The van der Waals surface area contributed by atoms with E-state index in [9.17, 15) is 0 Å². The van der Waals surface area contributed by atoms with Gasteiger partial charge in [0.25, 0.3) is 0 Å². The fourth-order valence-corrected chi connectivity index (χ4v) is 1.49. The van der Waals surface area contributed by atoms with E-state index in [4.69, 9.17) is 0 Å². The highest BCUT2D eigenvalue weighted by atomic mass is 15.0. The van der Waals surface area contributed by atoms with Gasteiger partial charge < -0.3 is 10.6 Å². The first-order valence-electron chi connectivity index (χ1n) is 4.53. The highest BCUT2D eigenvalue weighted by molar-refractivity contribution is 5.68. The highest BCUT2D eigenvalue weighted by Gasteiger charge is 2.02. The van der Waals surface area contributed by atoms with Crippen LogP contribution in [-0.4, -0.2) is 13.1 Å². The second kappa shape index (κ2) is 3.48. The van der Waals surface area contributed by atoms with Gasteiger partial charge in [-0.15, -0.1) is 0 Å². The lowest BCUT2D eigenvalue weighted by Crippen LogP contribution is -2.12. The van der Waals surface area contributed by atoms with Crippen molar-refractivity contribution in [1.82, 2.24) is 0 Å². The Morgan fingerprint density at radius 2 is 1.33 bits per heavy atom. The lowest BCUT2D eigenvalue weighted by Gasteiger charge is -2.16. The molecule has 0 bridgehead atoms. The molecule has 1 aromatic carbocycles. The van der Waals surface area contributed by atoms with E-state index in [0.29, 0.717) is 0 Å². The fourth-order valence-electron chi connectivity index (χ4n) is 1.49. The first kappa shape index (κ1) is 7.47.